The van der Waals surface area contributed by atoms with Gasteiger partial charge < -0.3 is 11.1 Å². The summed E-state index contributed by atoms with van der Waals surface area (Å²) in [6.45, 7) is 4.51. The molecule has 0 aliphatic carbocycles. The van der Waals surface area contributed by atoms with E-state index < -0.39 is 0 Å². The first kappa shape index (κ1) is 17.8. The average Bonchev–Trinajstić information content (AvgIpc) is 2.20. The van der Waals surface area contributed by atoms with E-state index in [-0.39, 0.29) is 31.0 Å². The van der Waals surface area contributed by atoms with Gasteiger partial charge in [0, 0.05) is 25.5 Å². The Balaban J connectivity index is 0. The average molecular weight is 267 g/mol. The van der Waals surface area contributed by atoms with E-state index in [9.17, 15) is 0 Å². The van der Waals surface area contributed by atoms with Crippen LogP contribution in [0.5, 0.6) is 0 Å². The zero-order chi connectivity index (χ0) is 9.10. The maximum atomic E-state index is 4.24. The van der Waals surface area contributed by atoms with Crippen LogP contribution in [0.4, 0.5) is 5.95 Å². The predicted octanol–water partition coefficient (Wildman–Crippen LogP) is 2.72. The molecule has 0 radical (unpaired) electrons. The molecular weight excluding hydrogens is 247 g/mol. The van der Waals surface area contributed by atoms with Gasteiger partial charge in [0.15, 0.2) is 0 Å². The van der Waals surface area contributed by atoms with E-state index in [0.717, 1.165) is 25.0 Å². The third-order valence-electron chi connectivity index (χ3n) is 2.62. The number of hydrogen-bond acceptors (Lipinski definition) is 4. The minimum absolute atomic E-state index is 0. The van der Waals surface area contributed by atoms with Crippen LogP contribution in [0.2, 0.25) is 0 Å². The molecule has 0 saturated carbocycles. The van der Waals surface area contributed by atoms with Crippen molar-refractivity contribution < 1.29 is 0 Å². The third-order valence-corrected chi connectivity index (χ3v) is 2.62. The highest BCUT2D eigenvalue weighted by molar-refractivity contribution is 5.85. The first-order valence-corrected chi connectivity index (χ1v) is 4.88. The highest BCUT2D eigenvalue weighted by atomic mass is 35.5. The lowest BCUT2D eigenvalue weighted by Gasteiger charge is -2.29. The molecule has 0 aromatic carbocycles. The number of rotatable bonds is 1. The van der Waals surface area contributed by atoms with E-state index in [1.165, 1.54) is 12.8 Å². The van der Waals surface area contributed by atoms with Gasteiger partial charge in [0.2, 0.25) is 5.95 Å². The molecule has 3 N–H and O–H groups in total. The van der Waals surface area contributed by atoms with Crippen LogP contribution >= 0.6 is 24.8 Å². The molecule has 4 nitrogen and oxygen atoms in total. The van der Waals surface area contributed by atoms with Crippen molar-refractivity contribution in [2.24, 2.45) is 5.92 Å². The summed E-state index contributed by atoms with van der Waals surface area (Å²) in [6.07, 6.45) is 6.14. The van der Waals surface area contributed by atoms with Gasteiger partial charge in [-0.15, -0.1) is 24.8 Å². The molecule has 6 heteroatoms. The van der Waals surface area contributed by atoms with Crippen molar-refractivity contribution in [2.75, 3.05) is 18.0 Å². The van der Waals surface area contributed by atoms with Gasteiger partial charge >= 0.3 is 0 Å². The normalized spacial score (nSPS) is 15.4. The van der Waals surface area contributed by atoms with Crippen molar-refractivity contribution in [3.8, 4) is 0 Å². The lowest BCUT2D eigenvalue weighted by Crippen LogP contribution is -2.33. The Morgan fingerprint density at radius 3 is 2.12 bits per heavy atom. The number of aromatic nitrogens is 2. The molecule has 1 saturated heterocycles. The summed E-state index contributed by atoms with van der Waals surface area (Å²) in [7, 11) is 0. The molecule has 0 atom stereocenters. The van der Waals surface area contributed by atoms with Gasteiger partial charge in [-0.25, -0.2) is 9.97 Å². The smallest absolute Gasteiger partial charge is 0.225 e. The molecule has 0 spiro atoms. The Morgan fingerprint density at radius 1 is 1.12 bits per heavy atom. The van der Waals surface area contributed by atoms with Gasteiger partial charge in [0.25, 0.3) is 0 Å². The molecule has 2 heterocycles. The highest BCUT2D eigenvalue weighted by Crippen LogP contribution is 2.18. The molecule has 94 valence electrons. The molecule has 0 unspecified atom stereocenters. The minimum atomic E-state index is 0. The number of halogens is 2. The molecule has 0 bridgehead atoms. The first-order valence-electron chi connectivity index (χ1n) is 4.88. The fourth-order valence-corrected chi connectivity index (χ4v) is 1.66. The Labute approximate surface area is 109 Å². The van der Waals surface area contributed by atoms with E-state index >= 15 is 0 Å². The van der Waals surface area contributed by atoms with Crippen LogP contribution in [0.15, 0.2) is 18.5 Å². The number of hydrogen-bond donors (Lipinski definition) is 1. The summed E-state index contributed by atoms with van der Waals surface area (Å²) < 4.78 is 0. The topological polar surface area (TPSA) is 64.0 Å². The fourth-order valence-electron chi connectivity index (χ4n) is 1.66. The van der Waals surface area contributed by atoms with Crippen molar-refractivity contribution in [1.82, 2.24) is 16.1 Å². The summed E-state index contributed by atoms with van der Waals surface area (Å²) in [4.78, 5) is 10.7. The van der Waals surface area contributed by atoms with Gasteiger partial charge in [-0.3, -0.25) is 0 Å². The SMILES string of the molecule is CC1CCN(c2ncccn2)CC1.Cl.Cl.N. The molecule has 1 aromatic heterocycles. The summed E-state index contributed by atoms with van der Waals surface area (Å²) in [5.74, 6) is 1.74. The Morgan fingerprint density at radius 2 is 1.62 bits per heavy atom. The second kappa shape index (κ2) is 8.56. The predicted molar refractivity (Wildman–Crippen MR) is 72.2 cm³/mol. The zero-order valence-electron chi connectivity index (χ0n) is 9.50. The molecular formula is C10H20Cl2N4. The zero-order valence-corrected chi connectivity index (χ0v) is 11.1. The molecule has 1 fully saturated rings. The van der Waals surface area contributed by atoms with E-state index in [1.54, 1.807) is 12.4 Å². The summed E-state index contributed by atoms with van der Waals surface area (Å²) in [6, 6.07) is 1.86. The van der Waals surface area contributed by atoms with Crippen LogP contribution in [0.1, 0.15) is 19.8 Å². The van der Waals surface area contributed by atoms with E-state index in [4.69, 9.17) is 0 Å². The van der Waals surface area contributed by atoms with Crippen molar-refractivity contribution in [2.45, 2.75) is 19.8 Å². The number of nitrogens with zero attached hydrogens (tertiary/aromatic N) is 3. The van der Waals surface area contributed by atoms with E-state index in [2.05, 4.69) is 21.8 Å². The summed E-state index contributed by atoms with van der Waals surface area (Å²) in [5, 5.41) is 0. The second-order valence-corrected chi connectivity index (χ2v) is 3.72. The standard InChI is InChI=1S/C10H15N3.2ClH.H3N/c1-9-3-7-13(8-4-9)10-11-5-2-6-12-10;;;/h2,5-6,9H,3-4,7-8H2,1H3;2*1H;1H3. The summed E-state index contributed by atoms with van der Waals surface area (Å²) >= 11 is 0. The summed E-state index contributed by atoms with van der Waals surface area (Å²) in [5.41, 5.74) is 0. The van der Waals surface area contributed by atoms with Crippen molar-refractivity contribution >= 4 is 30.8 Å². The lowest BCUT2D eigenvalue weighted by molar-refractivity contribution is 0.434. The largest absolute Gasteiger partial charge is 0.344 e. The molecule has 2 rings (SSSR count). The molecule has 1 aromatic rings. The third kappa shape index (κ3) is 4.51. The number of anilines is 1. The van der Waals surface area contributed by atoms with Gasteiger partial charge in [0.1, 0.15) is 0 Å². The fraction of sp³-hybridized carbons (Fsp3) is 0.600. The number of piperidine rings is 1. The molecule has 1 aliphatic rings. The van der Waals surface area contributed by atoms with E-state index in [0.29, 0.717) is 0 Å². The Hall–Kier alpha value is -0.580. The van der Waals surface area contributed by atoms with Gasteiger partial charge in [-0.05, 0) is 24.8 Å². The van der Waals surface area contributed by atoms with Crippen LogP contribution in [-0.4, -0.2) is 23.1 Å². The van der Waals surface area contributed by atoms with Crippen molar-refractivity contribution in [1.29, 1.82) is 0 Å². The Bertz CT molecular complexity index is 263. The first-order chi connectivity index (χ1) is 6.36. The molecule has 16 heavy (non-hydrogen) atoms. The second-order valence-electron chi connectivity index (χ2n) is 3.72. The maximum absolute atomic E-state index is 4.24. The van der Waals surface area contributed by atoms with E-state index in [1.807, 2.05) is 6.07 Å². The quantitative estimate of drug-likeness (QED) is 0.849. The highest BCUT2D eigenvalue weighted by Gasteiger charge is 2.16. The van der Waals surface area contributed by atoms with Gasteiger partial charge in [-0.2, -0.15) is 0 Å². The van der Waals surface area contributed by atoms with Crippen LogP contribution in [-0.2, 0) is 0 Å². The Kier molecular flexibility index (Phi) is 9.52. The van der Waals surface area contributed by atoms with Crippen molar-refractivity contribution in [3.63, 3.8) is 0 Å². The van der Waals surface area contributed by atoms with Gasteiger partial charge in [0.05, 0.1) is 0 Å². The molecule has 1 aliphatic heterocycles. The molecule has 0 amide bonds. The van der Waals surface area contributed by atoms with Crippen LogP contribution in [0.3, 0.4) is 0 Å². The lowest BCUT2D eigenvalue weighted by atomic mass is 10.00. The van der Waals surface area contributed by atoms with Gasteiger partial charge in [-0.1, -0.05) is 6.92 Å². The minimum Gasteiger partial charge on any atom is -0.344 e. The monoisotopic (exact) mass is 266 g/mol. The van der Waals surface area contributed by atoms with Crippen LogP contribution in [0, 0.1) is 5.92 Å². The maximum Gasteiger partial charge on any atom is 0.225 e. The van der Waals surface area contributed by atoms with Crippen LogP contribution < -0.4 is 11.1 Å². The van der Waals surface area contributed by atoms with Crippen molar-refractivity contribution in [3.05, 3.63) is 18.5 Å². The van der Waals surface area contributed by atoms with Crippen LogP contribution in [0.25, 0.3) is 0 Å².